The molecule has 1 aromatic carbocycles. The van der Waals surface area contributed by atoms with Crippen molar-refractivity contribution in [1.82, 2.24) is 5.32 Å². The van der Waals surface area contributed by atoms with Gasteiger partial charge >= 0.3 is 0 Å². The average molecular weight is 384 g/mol. The molecule has 0 spiro atoms. The van der Waals surface area contributed by atoms with Crippen molar-refractivity contribution < 1.29 is 17.9 Å². The van der Waals surface area contributed by atoms with Gasteiger partial charge in [0.15, 0.2) is 0 Å². The van der Waals surface area contributed by atoms with E-state index in [9.17, 15) is 13.2 Å². The Morgan fingerprint density at radius 1 is 1.35 bits per heavy atom. The zero-order chi connectivity index (χ0) is 16.6. The summed E-state index contributed by atoms with van der Waals surface area (Å²) >= 11 is 1.45. The second kappa shape index (κ2) is 10.7. The Morgan fingerprint density at radius 3 is 2.48 bits per heavy atom. The summed E-state index contributed by atoms with van der Waals surface area (Å²) in [4.78, 5) is 11.5. The number of nitrogens with one attached hydrogen (secondary N) is 1. The monoisotopic (exact) mass is 383 g/mol. The fourth-order valence-electron chi connectivity index (χ4n) is 1.48. The first-order chi connectivity index (χ1) is 10.3. The molecule has 23 heavy (non-hydrogen) atoms. The molecule has 0 saturated heterocycles. The molecule has 132 valence electrons. The highest BCUT2D eigenvalue weighted by Crippen LogP contribution is 2.15. The van der Waals surface area contributed by atoms with E-state index >= 15 is 0 Å². The number of sulfonamides is 1. The van der Waals surface area contributed by atoms with Crippen LogP contribution in [0.15, 0.2) is 29.2 Å². The van der Waals surface area contributed by atoms with Crippen LogP contribution in [0.3, 0.4) is 0 Å². The fraction of sp³-hybridized carbons (Fsp3) is 0.462. The van der Waals surface area contributed by atoms with Crippen LogP contribution >= 0.6 is 24.2 Å². The lowest BCUT2D eigenvalue weighted by Gasteiger charge is -2.11. The number of nitrogens with two attached hydrogens (primary N) is 2. The summed E-state index contributed by atoms with van der Waals surface area (Å²) in [5.74, 6) is 1.48. The van der Waals surface area contributed by atoms with Gasteiger partial charge in [0, 0.05) is 18.3 Å². The molecular weight excluding hydrogens is 362 g/mol. The van der Waals surface area contributed by atoms with Gasteiger partial charge in [0.05, 0.1) is 17.3 Å². The number of amides is 1. The highest BCUT2D eigenvalue weighted by molar-refractivity contribution is 7.99. The first-order valence-electron chi connectivity index (χ1n) is 6.65. The van der Waals surface area contributed by atoms with Crippen molar-refractivity contribution in [2.45, 2.75) is 17.9 Å². The summed E-state index contributed by atoms with van der Waals surface area (Å²) in [6, 6.07) is 5.83. The van der Waals surface area contributed by atoms with Crippen LogP contribution in [0.2, 0.25) is 0 Å². The number of hydrogen-bond acceptors (Lipinski definition) is 6. The second-order valence-electron chi connectivity index (χ2n) is 4.62. The standard InChI is InChI=1S/C13H21N3O4S2.ClH/c1-10(8-14)16-13(17)9-21-7-6-20-11-2-4-12(5-3-11)22(15,18)19;/h2-5,10H,6-9,14H2,1H3,(H,16,17)(H2,15,18,19);1H/t10-;/m0./s1. The second-order valence-corrected chi connectivity index (χ2v) is 7.29. The topological polar surface area (TPSA) is 125 Å². The third-order valence-corrected chi connectivity index (χ3v) is 4.49. The zero-order valence-electron chi connectivity index (χ0n) is 12.7. The summed E-state index contributed by atoms with van der Waals surface area (Å²) in [6.07, 6.45) is 0. The number of carbonyl (C=O) groups excluding carboxylic acids is 1. The molecular formula is C13H22ClN3O4S2. The van der Waals surface area contributed by atoms with Gasteiger partial charge in [-0.05, 0) is 31.2 Å². The molecule has 1 aromatic rings. The maximum Gasteiger partial charge on any atom is 0.238 e. The van der Waals surface area contributed by atoms with Crippen molar-refractivity contribution in [3.8, 4) is 5.75 Å². The molecule has 0 aromatic heterocycles. The van der Waals surface area contributed by atoms with Crippen LogP contribution < -0.4 is 20.9 Å². The quantitative estimate of drug-likeness (QED) is 0.528. The van der Waals surface area contributed by atoms with E-state index in [0.717, 1.165) is 0 Å². The minimum absolute atomic E-state index is 0. The molecule has 0 unspecified atom stereocenters. The number of ether oxygens (including phenoxy) is 1. The Morgan fingerprint density at radius 2 is 1.96 bits per heavy atom. The molecule has 0 radical (unpaired) electrons. The van der Waals surface area contributed by atoms with Crippen LogP contribution in [-0.4, -0.2) is 45.0 Å². The number of halogens is 1. The first kappa shape index (κ1) is 22.0. The Hall–Kier alpha value is -1.00. The summed E-state index contributed by atoms with van der Waals surface area (Å²) in [6.45, 7) is 2.67. The highest BCUT2D eigenvalue weighted by Gasteiger charge is 2.07. The number of carbonyl (C=O) groups is 1. The normalized spacial score (nSPS) is 12.1. The van der Waals surface area contributed by atoms with E-state index < -0.39 is 10.0 Å². The van der Waals surface area contributed by atoms with Crippen molar-refractivity contribution >= 4 is 40.1 Å². The molecule has 7 nitrogen and oxygen atoms in total. The molecule has 0 aliphatic rings. The van der Waals surface area contributed by atoms with Crippen molar-refractivity contribution in [1.29, 1.82) is 0 Å². The highest BCUT2D eigenvalue weighted by atomic mass is 35.5. The molecule has 0 fully saturated rings. The van der Waals surface area contributed by atoms with Crippen LogP contribution in [0.25, 0.3) is 0 Å². The van der Waals surface area contributed by atoms with Crippen molar-refractivity contribution in [2.75, 3.05) is 24.7 Å². The van der Waals surface area contributed by atoms with Crippen molar-refractivity contribution in [3.05, 3.63) is 24.3 Å². The zero-order valence-corrected chi connectivity index (χ0v) is 15.2. The molecule has 10 heteroatoms. The minimum atomic E-state index is -3.68. The summed E-state index contributed by atoms with van der Waals surface area (Å²) in [5, 5.41) is 7.77. The van der Waals surface area contributed by atoms with Crippen LogP contribution in [0.4, 0.5) is 0 Å². The van der Waals surface area contributed by atoms with Crippen LogP contribution in [0.5, 0.6) is 5.75 Å². The largest absolute Gasteiger partial charge is 0.493 e. The third-order valence-electron chi connectivity index (χ3n) is 2.64. The smallest absolute Gasteiger partial charge is 0.238 e. The maximum atomic E-state index is 11.5. The summed E-state index contributed by atoms with van der Waals surface area (Å²) in [5.41, 5.74) is 5.41. The van der Waals surface area contributed by atoms with E-state index in [-0.39, 0.29) is 29.3 Å². The predicted octanol–water partition coefficient (Wildman–Crippen LogP) is 0.331. The third kappa shape index (κ3) is 9.01. The summed E-state index contributed by atoms with van der Waals surface area (Å²) in [7, 11) is -3.68. The molecule has 1 amide bonds. The van der Waals surface area contributed by atoms with Crippen molar-refractivity contribution in [2.24, 2.45) is 10.9 Å². The summed E-state index contributed by atoms with van der Waals surface area (Å²) < 4.78 is 27.6. The Kier molecular flexibility index (Phi) is 10.2. The Balaban J connectivity index is 0.00000484. The van der Waals surface area contributed by atoms with E-state index in [1.807, 2.05) is 6.92 Å². The molecule has 0 aliphatic carbocycles. The van der Waals surface area contributed by atoms with Gasteiger partial charge in [0.1, 0.15) is 5.75 Å². The lowest BCUT2D eigenvalue weighted by molar-refractivity contribution is -0.119. The van der Waals surface area contributed by atoms with Gasteiger partial charge in [-0.15, -0.1) is 24.2 Å². The number of benzene rings is 1. The van der Waals surface area contributed by atoms with Gasteiger partial charge in [-0.1, -0.05) is 0 Å². The minimum Gasteiger partial charge on any atom is -0.493 e. The maximum absolute atomic E-state index is 11.5. The van der Waals surface area contributed by atoms with Gasteiger partial charge in [-0.3, -0.25) is 4.79 Å². The number of primary sulfonamides is 1. The molecule has 1 atom stereocenters. The lowest BCUT2D eigenvalue weighted by atomic mass is 10.3. The number of hydrogen-bond donors (Lipinski definition) is 3. The van der Waals surface area contributed by atoms with Crippen molar-refractivity contribution in [3.63, 3.8) is 0 Å². The van der Waals surface area contributed by atoms with Gasteiger partial charge in [0.25, 0.3) is 0 Å². The van der Waals surface area contributed by atoms with Gasteiger partial charge in [0.2, 0.25) is 15.9 Å². The fourth-order valence-corrected chi connectivity index (χ4v) is 2.61. The molecule has 1 rings (SSSR count). The van der Waals surface area contributed by atoms with Crippen LogP contribution in [0, 0.1) is 0 Å². The van der Waals surface area contributed by atoms with E-state index in [0.29, 0.717) is 30.4 Å². The van der Waals surface area contributed by atoms with E-state index in [1.54, 1.807) is 12.1 Å². The average Bonchev–Trinajstić information content (AvgIpc) is 2.46. The van der Waals surface area contributed by atoms with E-state index in [1.165, 1.54) is 23.9 Å². The number of rotatable bonds is 9. The van der Waals surface area contributed by atoms with Gasteiger partial charge < -0.3 is 15.8 Å². The molecule has 0 heterocycles. The Labute approximate surface area is 147 Å². The molecule has 0 saturated carbocycles. The van der Waals surface area contributed by atoms with Gasteiger partial charge in [-0.25, -0.2) is 13.6 Å². The molecule has 0 bridgehead atoms. The van der Waals surface area contributed by atoms with E-state index in [4.69, 9.17) is 15.6 Å². The SMILES string of the molecule is C[C@@H](CN)NC(=O)CSCCOc1ccc(S(N)(=O)=O)cc1.Cl. The van der Waals surface area contributed by atoms with Gasteiger partial charge in [-0.2, -0.15) is 0 Å². The lowest BCUT2D eigenvalue weighted by Crippen LogP contribution is -2.38. The molecule has 5 N–H and O–H groups in total. The number of thioether (sulfide) groups is 1. The van der Waals surface area contributed by atoms with E-state index in [2.05, 4.69) is 5.32 Å². The first-order valence-corrected chi connectivity index (χ1v) is 9.36. The molecule has 0 aliphatic heterocycles. The van der Waals surface area contributed by atoms with Crippen LogP contribution in [-0.2, 0) is 14.8 Å². The Bertz CT molecular complexity index is 581. The predicted molar refractivity (Wildman–Crippen MR) is 94.5 cm³/mol. The van der Waals surface area contributed by atoms with Crippen LogP contribution in [0.1, 0.15) is 6.92 Å².